The minimum Gasteiger partial charge on any atom is -0.316 e. The van der Waals surface area contributed by atoms with Crippen LogP contribution in [0.1, 0.15) is 12.5 Å². The number of aryl methyl sites for hydroxylation is 1. The highest BCUT2D eigenvalue weighted by molar-refractivity contribution is 5.78. The SMILES string of the molecule is CCc1cnn2c1c(=O)[nH]c1c(F)cccc12. The van der Waals surface area contributed by atoms with Crippen LogP contribution in [0.4, 0.5) is 4.39 Å². The number of rotatable bonds is 1. The van der Waals surface area contributed by atoms with E-state index in [9.17, 15) is 9.18 Å². The van der Waals surface area contributed by atoms with Gasteiger partial charge in [-0.25, -0.2) is 8.91 Å². The number of para-hydroxylation sites is 1. The van der Waals surface area contributed by atoms with E-state index in [0.29, 0.717) is 17.5 Å². The molecule has 0 unspecified atom stereocenters. The molecule has 0 saturated carbocycles. The summed E-state index contributed by atoms with van der Waals surface area (Å²) in [6.45, 7) is 1.95. The van der Waals surface area contributed by atoms with E-state index in [1.54, 1.807) is 18.3 Å². The Balaban J connectivity index is 2.62. The van der Waals surface area contributed by atoms with Crippen molar-refractivity contribution >= 4 is 16.6 Å². The summed E-state index contributed by atoms with van der Waals surface area (Å²) in [7, 11) is 0. The van der Waals surface area contributed by atoms with Crippen molar-refractivity contribution in [1.82, 2.24) is 14.6 Å². The van der Waals surface area contributed by atoms with E-state index in [1.807, 2.05) is 6.92 Å². The van der Waals surface area contributed by atoms with E-state index in [0.717, 1.165) is 5.56 Å². The molecular weight excluding hydrogens is 221 g/mol. The molecule has 3 aromatic rings. The molecule has 0 radical (unpaired) electrons. The first kappa shape index (κ1) is 10.0. The molecule has 2 aromatic heterocycles. The van der Waals surface area contributed by atoms with Crippen molar-refractivity contribution < 1.29 is 4.39 Å². The van der Waals surface area contributed by atoms with Crippen molar-refractivity contribution in [2.24, 2.45) is 0 Å². The minimum atomic E-state index is -0.449. The number of aromatic amines is 1. The molecule has 0 amide bonds. The van der Waals surface area contributed by atoms with Gasteiger partial charge in [0.25, 0.3) is 5.56 Å². The first-order chi connectivity index (χ1) is 8.22. The summed E-state index contributed by atoms with van der Waals surface area (Å²) in [5, 5.41) is 4.15. The summed E-state index contributed by atoms with van der Waals surface area (Å²) in [5.41, 5.74) is 1.80. The molecule has 0 spiro atoms. The minimum absolute atomic E-state index is 0.191. The Morgan fingerprint density at radius 1 is 1.47 bits per heavy atom. The van der Waals surface area contributed by atoms with Crippen LogP contribution >= 0.6 is 0 Å². The standard InChI is InChI=1S/C12H10FN3O/c1-2-7-6-14-16-9-5-3-4-8(13)10(9)15-12(17)11(7)16/h3-6H,2H2,1H3,(H,15,17). The first-order valence-electron chi connectivity index (χ1n) is 5.39. The zero-order valence-corrected chi connectivity index (χ0v) is 9.20. The first-order valence-corrected chi connectivity index (χ1v) is 5.39. The number of hydrogen-bond donors (Lipinski definition) is 1. The summed E-state index contributed by atoms with van der Waals surface area (Å²) in [6, 6.07) is 4.64. The highest BCUT2D eigenvalue weighted by atomic mass is 19.1. The monoisotopic (exact) mass is 231 g/mol. The van der Waals surface area contributed by atoms with Crippen LogP contribution in [0.5, 0.6) is 0 Å². The molecule has 17 heavy (non-hydrogen) atoms. The van der Waals surface area contributed by atoms with E-state index < -0.39 is 5.82 Å². The van der Waals surface area contributed by atoms with Gasteiger partial charge in [-0.3, -0.25) is 4.79 Å². The van der Waals surface area contributed by atoms with Crippen molar-refractivity contribution in [2.45, 2.75) is 13.3 Å². The van der Waals surface area contributed by atoms with Crippen LogP contribution in [0, 0.1) is 5.82 Å². The number of benzene rings is 1. The predicted octanol–water partition coefficient (Wildman–Crippen LogP) is 1.88. The van der Waals surface area contributed by atoms with Gasteiger partial charge in [0.1, 0.15) is 16.9 Å². The zero-order chi connectivity index (χ0) is 12.0. The van der Waals surface area contributed by atoms with E-state index in [4.69, 9.17) is 0 Å². The summed E-state index contributed by atoms with van der Waals surface area (Å²) in [6.07, 6.45) is 2.36. The van der Waals surface area contributed by atoms with Crippen molar-refractivity contribution in [3.05, 3.63) is 46.1 Å². The third-order valence-corrected chi connectivity index (χ3v) is 2.90. The second kappa shape index (κ2) is 3.41. The smallest absolute Gasteiger partial charge is 0.274 e. The maximum Gasteiger partial charge on any atom is 0.274 e. The summed E-state index contributed by atoms with van der Waals surface area (Å²) < 4.78 is 15.1. The lowest BCUT2D eigenvalue weighted by Crippen LogP contribution is -2.12. The maximum absolute atomic E-state index is 13.6. The number of H-pyrrole nitrogens is 1. The van der Waals surface area contributed by atoms with Crippen LogP contribution in [0.3, 0.4) is 0 Å². The van der Waals surface area contributed by atoms with Crippen molar-refractivity contribution in [1.29, 1.82) is 0 Å². The molecule has 0 saturated heterocycles. The average Bonchev–Trinajstić information content (AvgIpc) is 2.75. The lowest BCUT2D eigenvalue weighted by molar-refractivity contribution is 0.635. The van der Waals surface area contributed by atoms with Gasteiger partial charge in [-0.2, -0.15) is 5.10 Å². The average molecular weight is 231 g/mol. The Hall–Kier alpha value is -2.17. The second-order valence-electron chi connectivity index (χ2n) is 3.87. The van der Waals surface area contributed by atoms with Crippen molar-refractivity contribution in [2.75, 3.05) is 0 Å². The van der Waals surface area contributed by atoms with Crippen LogP contribution in [-0.4, -0.2) is 14.6 Å². The van der Waals surface area contributed by atoms with Gasteiger partial charge in [-0.05, 0) is 18.6 Å². The Bertz CT molecular complexity index is 772. The second-order valence-corrected chi connectivity index (χ2v) is 3.87. The fourth-order valence-corrected chi connectivity index (χ4v) is 2.05. The number of fused-ring (bicyclic) bond motifs is 3. The van der Waals surface area contributed by atoms with Gasteiger partial charge in [0.05, 0.1) is 11.7 Å². The molecule has 4 nitrogen and oxygen atoms in total. The maximum atomic E-state index is 13.6. The highest BCUT2D eigenvalue weighted by Crippen LogP contribution is 2.16. The Morgan fingerprint density at radius 2 is 2.29 bits per heavy atom. The molecule has 0 fully saturated rings. The fourth-order valence-electron chi connectivity index (χ4n) is 2.05. The van der Waals surface area contributed by atoms with Gasteiger partial charge in [0.15, 0.2) is 0 Å². The fraction of sp³-hybridized carbons (Fsp3) is 0.167. The van der Waals surface area contributed by atoms with Crippen LogP contribution in [0.15, 0.2) is 29.2 Å². The summed E-state index contributed by atoms with van der Waals surface area (Å²) in [5.74, 6) is -0.449. The van der Waals surface area contributed by atoms with Gasteiger partial charge in [-0.1, -0.05) is 13.0 Å². The molecule has 0 bridgehead atoms. The Labute approximate surface area is 95.7 Å². The quantitative estimate of drug-likeness (QED) is 0.695. The highest BCUT2D eigenvalue weighted by Gasteiger charge is 2.11. The largest absolute Gasteiger partial charge is 0.316 e. The molecule has 2 heterocycles. The van der Waals surface area contributed by atoms with Crippen LogP contribution in [0.25, 0.3) is 16.6 Å². The van der Waals surface area contributed by atoms with Gasteiger partial charge in [-0.15, -0.1) is 0 Å². The molecule has 0 atom stereocenters. The Morgan fingerprint density at radius 3 is 3.06 bits per heavy atom. The van der Waals surface area contributed by atoms with Gasteiger partial charge in [0, 0.05) is 5.56 Å². The van der Waals surface area contributed by atoms with Crippen LogP contribution in [-0.2, 0) is 6.42 Å². The van der Waals surface area contributed by atoms with E-state index in [2.05, 4.69) is 10.1 Å². The molecule has 0 aliphatic heterocycles. The van der Waals surface area contributed by atoms with Crippen LogP contribution in [0.2, 0.25) is 0 Å². The van der Waals surface area contributed by atoms with E-state index >= 15 is 0 Å². The van der Waals surface area contributed by atoms with Gasteiger partial charge in [0.2, 0.25) is 0 Å². The van der Waals surface area contributed by atoms with Gasteiger partial charge < -0.3 is 4.98 Å². The van der Waals surface area contributed by atoms with E-state index in [1.165, 1.54) is 10.6 Å². The molecular formula is C12H10FN3O. The molecule has 86 valence electrons. The zero-order valence-electron chi connectivity index (χ0n) is 9.20. The normalized spacial score (nSPS) is 11.4. The van der Waals surface area contributed by atoms with Crippen LogP contribution < -0.4 is 5.56 Å². The molecule has 1 N–H and O–H groups in total. The third-order valence-electron chi connectivity index (χ3n) is 2.90. The third kappa shape index (κ3) is 1.28. The van der Waals surface area contributed by atoms with Gasteiger partial charge >= 0.3 is 0 Å². The lowest BCUT2D eigenvalue weighted by atomic mass is 10.2. The van der Waals surface area contributed by atoms with Crippen molar-refractivity contribution in [3.63, 3.8) is 0 Å². The summed E-state index contributed by atoms with van der Waals surface area (Å²) >= 11 is 0. The van der Waals surface area contributed by atoms with E-state index in [-0.39, 0.29) is 11.1 Å². The topological polar surface area (TPSA) is 50.2 Å². The lowest BCUT2D eigenvalue weighted by Gasteiger charge is -2.02. The Kier molecular flexibility index (Phi) is 2.01. The molecule has 0 aliphatic carbocycles. The molecule has 1 aromatic carbocycles. The molecule has 0 aliphatic rings. The number of nitrogens with zero attached hydrogens (tertiary/aromatic N) is 2. The van der Waals surface area contributed by atoms with Crippen molar-refractivity contribution in [3.8, 4) is 0 Å². The number of aromatic nitrogens is 3. The predicted molar refractivity (Wildman–Crippen MR) is 62.7 cm³/mol. The molecule has 5 heteroatoms. The number of halogens is 1. The molecule has 3 rings (SSSR count). The summed E-state index contributed by atoms with van der Waals surface area (Å²) in [4.78, 5) is 14.5. The number of nitrogens with one attached hydrogen (secondary N) is 1. The number of hydrogen-bond acceptors (Lipinski definition) is 2.